The number of allylic oxidation sites excluding steroid dienone is 2. The van der Waals surface area contributed by atoms with Crippen molar-refractivity contribution in [3.63, 3.8) is 0 Å². The van der Waals surface area contributed by atoms with Gasteiger partial charge in [-0.15, -0.1) is 0 Å². The molecule has 2 heteroatoms. The molecule has 3 rings (SSSR count). The lowest BCUT2D eigenvalue weighted by molar-refractivity contribution is -0.130. The van der Waals surface area contributed by atoms with Crippen molar-refractivity contribution >= 4 is 11.6 Å². The van der Waals surface area contributed by atoms with Crippen molar-refractivity contribution in [1.29, 1.82) is 0 Å². The molecule has 0 saturated heterocycles. The van der Waals surface area contributed by atoms with Crippen LogP contribution in [0.25, 0.3) is 0 Å². The second-order valence-corrected chi connectivity index (χ2v) is 2.57. The van der Waals surface area contributed by atoms with Crippen molar-refractivity contribution in [3.8, 4) is 0 Å². The monoisotopic (exact) mass is 122 g/mol. The number of hydrogen-bond donors (Lipinski definition) is 0. The Labute approximate surface area is 52.6 Å². The molecule has 1 atom stereocenters. The highest BCUT2D eigenvalue weighted by Crippen LogP contribution is 2.34. The van der Waals surface area contributed by atoms with Crippen LogP contribution in [0.3, 0.4) is 0 Å². The molecular formula is C7H6O2. The molecule has 0 aromatic carbocycles. The van der Waals surface area contributed by atoms with Gasteiger partial charge in [-0.3, -0.25) is 9.59 Å². The molecule has 46 valence electrons. The van der Waals surface area contributed by atoms with Crippen LogP contribution >= 0.6 is 0 Å². The lowest BCUT2D eigenvalue weighted by Gasteiger charge is -2.28. The van der Waals surface area contributed by atoms with E-state index in [9.17, 15) is 9.59 Å². The van der Waals surface area contributed by atoms with Crippen LogP contribution in [0, 0.1) is 5.92 Å². The van der Waals surface area contributed by atoms with E-state index in [1.54, 1.807) is 6.08 Å². The number of fused-ring (bicyclic) bond motifs is 2. The van der Waals surface area contributed by atoms with Crippen molar-refractivity contribution in [2.45, 2.75) is 12.8 Å². The second kappa shape index (κ2) is 1.32. The highest BCUT2D eigenvalue weighted by atomic mass is 16.2. The number of carbonyl (C=O) groups is 2. The average Bonchev–Trinajstić information content (AvgIpc) is 1.57. The third-order valence-electron chi connectivity index (χ3n) is 1.95. The van der Waals surface area contributed by atoms with Crippen LogP contribution in [0.15, 0.2) is 11.6 Å². The minimum atomic E-state index is 0.0440. The molecular weight excluding hydrogens is 116 g/mol. The normalized spacial score (nSPS) is 31.6. The molecule has 1 fully saturated rings. The van der Waals surface area contributed by atoms with Gasteiger partial charge in [0.05, 0.1) is 6.42 Å². The first-order valence-electron chi connectivity index (χ1n) is 3.04. The van der Waals surface area contributed by atoms with Crippen LogP contribution in [0.2, 0.25) is 0 Å². The van der Waals surface area contributed by atoms with Gasteiger partial charge >= 0.3 is 0 Å². The average molecular weight is 122 g/mol. The predicted molar refractivity (Wildman–Crippen MR) is 30.8 cm³/mol. The maximum Gasteiger partial charge on any atom is 0.165 e. The highest BCUT2D eigenvalue weighted by molar-refractivity contribution is 6.15. The Bertz CT molecular complexity index is 225. The molecule has 0 aromatic rings. The summed E-state index contributed by atoms with van der Waals surface area (Å²) in [5.74, 6) is 0.259. The smallest absolute Gasteiger partial charge is 0.165 e. The molecule has 0 N–H and O–H groups in total. The van der Waals surface area contributed by atoms with Crippen molar-refractivity contribution in [1.82, 2.24) is 0 Å². The first-order chi connectivity index (χ1) is 4.27. The van der Waals surface area contributed by atoms with Gasteiger partial charge in [0.15, 0.2) is 5.78 Å². The van der Waals surface area contributed by atoms with E-state index in [-0.39, 0.29) is 23.9 Å². The Morgan fingerprint density at radius 2 is 2.11 bits per heavy atom. The van der Waals surface area contributed by atoms with E-state index in [0.29, 0.717) is 0 Å². The quantitative estimate of drug-likeness (QED) is 0.438. The van der Waals surface area contributed by atoms with Crippen molar-refractivity contribution in [2.75, 3.05) is 0 Å². The van der Waals surface area contributed by atoms with Crippen LogP contribution < -0.4 is 0 Å². The van der Waals surface area contributed by atoms with Crippen LogP contribution in [0.4, 0.5) is 0 Å². The molecule has 0 spiro atoms. The summed E-state index contributed by atoms with van der Waals surface area (Å²) in [5.41, 5.74) is 0.875. The van der Waals surface area contributed by atoms with Crippen LogP contribution in [-0.4, -0.2) is 11.6 Å². The zero-order valence-corrected chi connectivity index (χ0v) is 4.89. The Balaban J connectivity index is 2.40. The molecule has 3 aliphatic rings. The summed E-state index contributed by atoms with van der Waals surface area (Å²) in [6.07, 6.45) is 2.67. The largest absolute Gasteiger partial charge is 0.299 e. The summed E-state index contributed by atoms with van der Waals surface area (Å²) in [6, 6.07) is 0. The zero-order valence-electron chi connectivity index (χ0n) is 4.89. The van der Waals surface area contributed by atoms with Crippen LogP contribution in [0.5, 0.6) is 0 Å². The third kappa shape index (κ3) is 0.502. The first kappa shape index (κ1) is 4.91. The summed E-state index contributed by atoms with van der Waals surface area (Å²) in [6.45, 7) is 0. The Morgan fingerprint density at radius 1 is 1.44 bits per heavy atom. The Hall–Kier alpha value is -0.920. The van der Waals surface area contributed by atoms with Crippen LogP contribution in [-0.2, 0) is 9.59 Å². The molecule has 1 unspecified atom stereocenters. The number of ketones is 2. The van der Waals surface area contributed by atoms with Gasteiger partial charge in [0.1, 0.15) is 5.78 Å². The summed E-state index contributed by atoms with van der Waals surface area (Å²) in [5, 5.41) is 0. The molecule has 0 amide bonds. The van der Waals surface area contributed by atoms with Crippen LogP contribution in [0.1, 0.15) is 12.8 Å². The predicted octanol–water partition coefficient (Wildman–Crippen LogP) is 0.475. The van der Waals surface area contributed by atoms with Gasteiger partial charge in [0.2, 0.25) is 0 Å². The fourth-order valence-electron chi connectivity index (χ4n) is 1.26. The van der Waals surface area contributed by atoms with E-state index in [0.717, 1.165) is 12.0 Å². The van der Waals surface area contributed by atoms with E-state index in [1.165, 1.54) is 0 Å². The van der Waals surface area contributed by atoms with Gasteiger partial charge in [0.25, 0.3) is 0 Å². The lowest BCUT2D eigenvalue weighted by Crippen LogP contribution is -2.33. The summed E-state index contributed by atoms with van der Waals surface area (Å²) in [4.78, 5) is 21.5. The maximum absolute atomic E-state index is 10.8. The SMILES string of the molecule is O=C1CC(=O)C2C=C1C2. The van der Waals surface area contributed by atoms with Gasteiger partial charge in [0, 0.05) is 5.92 Å². The maximum atomic E-state index is 10.8. The number of carbonyl (C=O) groups excluding carboxylic acids is 2. The van der Waals surface area contributed by atoms with Gasteiger partial charge < -0.3 is 0 Å². The van der Waals surface area contributed by atoms with Gasteiger partial charge in [-0.2, -0.15) is 0 Å². The Kier molecular flexibility index (Phi) is 0.721. The molecule has 3 aliphatic carbocycles. The lowest BCUT2D eigenvalue weighted by atomic mass is 9.73. The Morgan fingerprint density at radius 3 is 2.44 bits per heavy atom. The standard InChI is InChI=1S/C7H6O2/c8-6-3-7(9)5-1-4(6)2-5/h1,4H,2-3H2. The van der Waals surface area contributed by atoms with Crippen molar-refractivity contribution < 1.29 is 9.59 Å². The summed E-state index contributed by atoms with van der Waals surface area (Å²) < 4.78 is 0. The fraction of sp³-hybridized carbons (Fsp3) is 0.429. The molecule has 0 heterocycles. The first-order valence-corrected chi connectivity index (χ1v) is 3.04. The zero-order chi connectivity index (χ0) is 6.43. The van der Waals surface area contributed by atoms with Crippen molar-refractivity contribution in [3.05, 3.63) is 11.6 Å². The molecule has 0 radical (unpaired) electrons. The van der Waals surface area contributed by atoms with Gasteiger partial charge in [-0.05, 0) is 12.0 Å². The molecule has 1 saturated carbocycles. The van der Waals surface area contributed by atoms with E-state index in [4.69, 9.17) is 0 Å². The second-order valence-electron chi connectivity index (χ2n) is 2.57. The van der Waals surface area contributed by atoms with Gasteiger partial charge in [-0.1, -0.05) is 6.08 Å². The number of hydrogen-bond acceptors (Lipinski definition) is 2. The van der Waals surface area contributed by atoms with E-state index >= 15 is 0 Å². The van der Waals surface area contributed by atoms with E-state index in [2.05, 4.69) is 0 Å². The minimum absolute atomic E-state index is 0.0440. The number of rotatable bonds is 0. The molecule has 9 heavy (non-hydrogen) atoms. The fourth-order valence-corrected chi connectivity index (χ4v) is 1.26. The highest BCUT2D eigenvalue weighted by Gasteiger charge is 2.36. The van der Waals surface area contributed by atoms with E-state index in [1.807, 2.05) is 0 Å². The molecule has 0 aliphatic heterocycles. The third-order valence-corrected chi connectivity index (χ3v) is 1.95. The summed E-state index contributed by atoms with van der Waals surface area (Å²) >= 11 is 0. The number of Topliss-reactive ketones (excluding diaryl/α,β-unsaturated/α-hetero) is 2. The molecule has 0 aromatic heterocycles. The summed E-state index contributed by atoms with van der Waals surface area (Å²) in [7, 11) is 0. The topological polar surface area (TPSA) is 34.1 Å². The van der Waals surface area contributed by atoms with Gasteiger partial charge in [-0.25, -0.2) is 0 Å². The minimum Gasteiger partial charge on any atom is -0.299 e. The van der Waals surface area contributed by atoms with Crippen molar-refractivity contribution in [2.24, 2.45) is 5.92 Å². The molecule has 2 bridgehead atoms. The van der Waals surface area contributed by atoms with E-state index < -0.39 is 0 Å². The molecule has 2 nitrogen and oxygen atoms in total.